The summed E-state index contributed by atoms with van der Waals surface area (Å²) < 4.78 is 14.4. The average Bonchev–Trinajstić information content (AvgIpc) is 2.75. The van der Waals surface area contributed by atoms with Gasteiger partial charge in [-0.25, -0.2) is 9.37 Å². The van der Waals surface area contributed by atoms with Crippen molar-refractivity contribution in [3.05, 3.63) is 94.0 Å². The number of amides is 1. The van der Waals surface area contributed by atoms with Crippen LogP contribution in [0.2, 0.25) is 5.02 Å². The zero-order valence-electron chi connectivity index (χ0n) is 15.5. The second-order valence-electron chi connectivity index (χ2n) is 6.35. The van der Waals surface area contributed by atoms with E-state index in [0.29, 0.717) is 32.5 Å². The Morgan fingerprint density at radius 2 is 1.73 bits per heavy atom. The predicted molar refractivity (Wildman–Crippen MR) is 118 cm³/mol. The molecule has 0 unspecified atom stereocenters. The third kappa shape index (κ3) is 4.22. The maximum absolute atomic E-state index is 13.2. The zero-order valence-corrected chi connectivity index (χ0v) is 17.1. The van der Waals surface area contributed by atoms with Gasteiger partial charge in [0.15, 0.2) is 5.16 Å². The summed E-state index contributed by atoms with van der Waals surface area (Å²) >= 11 is 7.45. The molecule has 3 aromatic carbocycles. The Balaban J connectivity index is 1.68. The number of hydrogen-bond acceptors (Lipinski definition) is 4. The smallest absolute Gasteiger partial charge is 0.266 e. The summed E-state index contributed by atoms with van der Waals surface area (Å²) in [7, 11) is 0. The zero-order chi connectivity index (χ0) is 21.1. The molecule has 0 bridgehead atoms. The predicted octanol–water partition coefficient (Wildman–Crippen LogP) is 4.91. The summed E-state index contributed by atoms with van der Waals surface area (Å²) in [5.74, 6) is -0.682. The van der Waals surface area contributed by atoms with E-state index in [9.17, 15) is 14.0 Å². The molecule has 0 aliphatic heterocycles. The molecule has 1 heterocycles. The van der Waals surface area contributed by atoms with Crippen LogP contribution in [0.15, 0.2) is 82.7 Å². The van der Waals surface area contributed by atoms with E-state index in [1.165, 1.54) is 28.8 Å². The number of rotatable bonds is 5. The minimum Gasteiger partial charge on any atom is -0.325 e. The van der Waals surface area contributed by atoms with Gasteiger partial charge in [-0.2, -0.15) is 0 Å². The minimum absolute atomic E-state index is 0.00656. The first-order valence-corrected chi connectivity index (χ1v) is 10.3. The van der Waals surface area contributed by atoms with Crippen LogP contribution < -0.4 is 10.9 Å². The van der Waals surface area contributed by atoms with Gasteiger partial charge < -0.3 is 5.32 Å². The molecule has 4 rings (SSSR count). The lowest BCUT2D eigenvalue weighted by atomic mass is 10.2. The Bertz CT molecular complexity index is 1290. The van der Waals surface area contributed by atoms with Crippen molar-refractivity contribution in [2.24, 2.45) is 0 Å². The number of benzene rings is 3. The van der Waals surface area contributed by atoms with Crippen LogP contribution in [0.3, 0.4) is 0 Å². The Morgan fingerprint density at radius 1 is 1.03 bits per heavy atom. The number of nitrogens with one attached hydrogen (secondary N) is 1. The SMILES string of the molecule is O=C(CSc1nc2ccccc2c(=O)n1-c1ccccc1Cl)Nc1ccc(F)cc1. The van der Waals surface area contributed by atoms with Crippen LogP contribution in [0.1, 0.15) is 0 Å². The number of anilines is 1. The van der Waals surface area contributed by atoms with E-state index in [2.05, 4.69) is 10.3 Å². The third-order valence-corrected chi connectivity index (χ3v) is 5.56. The molecule has 1 amide bonds. The Kier molecular flexibility index (Phi) is 5.83. The molecule has 1 aromatic heterocycles. The van der Waals surface area contributed by atoms with E-state index >= 15 is 0 Å². The van der Waals surface area contributed by atoms with Gasteiger partial charge in [-0.3, -0.25) is 14.2 Å². The highest BCUT2D eigenvalue weighted by atomic mass is 35.5. The van der Waals surface area contributed by atoms with Crippen LogP contribution in [-0.4, -0.2) is 21.2 Å². The van der Waals surface area contributed by atoms with E-state index in [1.54, 1.807) is 48.5 Å². The average molecular weight is 440 g/mol. The van der Waals surface area contributed by atoms with E-state index in [4.69, 9.17) is 11.6 Å². The Labute approximate surface area is 180 Å². The second kappa shape index (κ2) is 8.69. The lowest BCUT2D eigenvalue weighted by Crippen LogP contribution is -2.23. The number of halogens is 2. The lowest BCUT2D eigenvalue weighted by molar-refractivity contribution is -0.113. The molecule has 4 aromatic rings. The van der Waals surface area contributed by atoms with Crippen LogP contribution in [0.25, 0.3) is 16.6 Å². The number of thioether (sulfide) groups is 1. The summed E-state index contributed by atoms with van der Waals surface area (Å²) in [5.41, 5.74) is 1.24. The molecule has 0 fully saturated rings. The van der Waals surface area contributed by atoms with Crippen LogP contribution >= 0.6 is 23.4 Å². The van der Waals surface area contributed by atoms with E-state index in [-0.39, 0.29) is 23.0 Å². The molecule has 0 aliphatic rings. The van der Waals surface area contributed by atoms with E-state index < -0.39 is 0 Å². The molecular weight excluding hydrogens is 425 g/mol. The van der Waals surface area contributed by atoms with Gasteiger partial charge in [0, 0.05) is 5.69 Å². The summed E-state index contributed by atoms with van der Waals surface area (Å²) in [6.07, 6.45) is 0. The van der Waals surface area contributed by atoms with Crippen molar-refractivity contribution in [1.29, 1.82) is 0 Å². The standard InChI is InChI=1S/C22H15ClFN3O2S/c23-17-6-2-4-8-19(17)27-21(29)16-5-1-3-7-18(16)26-22(27)30-13-20(28)25-15-11-9-14(24)10-12-15/h1-12H,13H2,(H,25,28). The van der Waals surface area contributed by atoms with Crippen molar-refractivity contribution < 1.29 is 9.18 Å². The molecule has 30 heavy (non-hydrogen) atoms. The van der Waals surface area contributed by atoms with Gasteiger partial charge in [-0.05, 0) is 48.5 Å². The first-order chi connectivity index (χ1) is 14.5. The number of carbonyl (C=O) groups excluding carboxylic acids is 1. The molecule has 0 saturated heterocycles. The van der Waals surface area contributed by atoms with Crippen molar-refractivity contribution in [2.45, 2.75) is 5.16 Å². The number of carbonyl (C=O) groups is 1. The molecule has 0 atom stereocenters. The quantitative estimate of drug-likeness (QED) is 0.354. The largest absolute Gasteiger partial charge is 0.325 e. The highest BCUT2D eigenvalue weighted by molar-refractivity contribution is 7.99. The van der Waals surface area contributed by atoms with Gasteiger partial charge in [-0.1, -0.05) is 47.6 Å². The van der Waals surface area contributed by atoms with Crippen LogP contribution in [0.5, 0.6) is 0 Å². The first kappa shape index (κ1) is 20.1. The molecule has 5 nitrogen and oxygen atoms in total. The van der Waals surface area contributed by atoms with Crippen LogP contribution in [0, 0.1) is 5.82 Å². The second-order valence-corrected chi connectivity index (χ2v) is 7.70. The number of hydrogen-bond donors (Lipinski definition) is 1. The molecule has 1 N–H and O–H groups in total. The number of fused-ring (bicyclic) bond motifs is 1. The van der Waals surface area contributed by atoms with Crippen molar-refractivity contribution >= 4 is 45.9 Å². The summed E-state index contributed by atoms with van der Waals surface area (Å²) in [6.45, 7) is 0. The molecule has 8 heteroatoms. The number of para-hydroxylation sites is 2. The molecular formula is C22H15ClFN3O2S. The molecule has 0 spiro atoms. The van der Waals surface area contributed by atoms with Crippen LogP contribution in [0.4, 0.5) is 10.1 Å². The Morgan fingerprint density at radius 3 is 2.50 bits per heavy atom. The molecule has 150 valence electrons. The molecule has 0 radical (unpaired) electrons. The maximum atomic E-state index is 13.2. The van der Waals surface area contributed by atoms with Crippen molar-refractivity contribution in [3.63, 3.8) is 0 Å². The van der Waals surface area contributed by atoms with Gasteiger partial charge >= 0.3 is 0 Å². The fraction of sp³-hybridized carbons (Fsp3) is 0.0455. The van der Waals surface area contributed by atoms with Gasteiger partial charge in [0.2, 0.25) is 5.91 Å². The van der Waals surface area contributed by atoms with Crippen molar-refractivity contribution in [2.75, 3.05) is 11.1 Å². The van der Waals surface area contributed by atoms with Crippen LogP contribution in [-0.2, 0) is 4.79 Å². The monoisotopic (exact) mass is 439 g/mol. The van der Waals surface area contributed by atoms with Crippen molar-refractivity contribution in [1.82, 2.24) is 9.55 Å². The summed E-state index contributed by atoms with van der Waals surface area (Å²) in [5, 5.41) is 3.90. The fourth-order valence-electron chi connectivity index (χ4n) is 2.92. The topological polar surface area (TPSA) is 64.0 Å². The number of nitrogens with zero attached hydrogens (tertiary/aromatic N) is 2. The Hall–Kier alpha value is -3.16. The van der Waals surface area contributed by atoms with E-state index in [1.807, 2.05) is 0 Å². The summed E-state index contributed by atoms with van der Waals surface area (Å²) in [6, 6.07) is 19.5. The highest BCUT2D eigenvalue weighted by Crippen LogP contribution is 2.25. The van der Waals surface area contributed by atoms with Gasteiger partial charge in [0.25, 0.3) is 5.56 Å². The van der Waals surface area contributed by atoms with Gasteiger partial charge in [0.05, 0.1) is 27.4 Å². The molecule has 0 saturated carbocycles. The highest BCUT2D eigenvalue weighted by Gasteiger charge is 2.16. The van der Waals surface area contributed by atoms with Gasteiger partial charge in [0.1, 0.15) is 5.82 Å². The number of aromatic nitrogens is 2. The minimum atomic E-state index is -0.383. The molecule has 0 aliphatic carbocycles. The van der Waals surface area contributed by atoms with E-state index in [0.717, 1.165) is 11.8 Å². The van der Waals surface area contributed by atoms with Crippen molar-refractivity contribution in [3.8, 4) is 5.69 Å². The fourth-order valence-corrected chi connectivity index (χ4v) is 3.94. The maximum Gasteiger partial charge on any atom is 0.266 e. The van der Waals surface area contributed by atoms with Gasteiger partial charge in [-0.15, -0.1) is 0 Å². The normalized spacial score (nSPS) is 10.9. The third-order valence-electron chi connectivity index (χ3n) is 4.30. The first-order valence-electron chi connectivity index (χ1n) is 8.98. The summed E-state index contributed by atoms with van der Waals surface area (Å²) in [4.78, 5) is 30.1. The lowest BCUT2D eigenvalue weighted by Gasteiger charge is -2.14.